The van der Waals surface area contributed by atoms with Gasteiger partial charge in [-0.1, -0.05) is 23.7 Å². The van der Waals surface area contributed by atoms with Gasteiger partial charge in [-0.3, -0.25) is 4.79 Å². The lowest BCUT2D eigenvalue weighted by Crippen LogP contribution is -2.20. The monoisotopic (exact) mass is 386 g/mol. The summed E-state index contributed by atoms with van der Waals surface area (Å²) in [5.74, 6) is -1.10. The van der Waals surface area contributed by atoms with Crippen LogP contribution in [0.15, 0.2) is 30.3 Å². The number of ether oxygens (including phenoxy) is 1. The third-order valence-electron chi connectivity index (χ3n) is 3.89. The Bertz CT molecular complexity index is 927. The lowest BCUT2D eigenvalue weighted by molar-refractivity contribution is -0.142. The van der Waals surface area contributed by atoms with Crippen molar-refractivity contribution in [1.82, 2.24) is 0 Å². The first-order valence-corrected chi connectivity index (χ1v) is 9.21. The van der Waals surface area contributed by atoms with Crippen LogP contribution in [0.2, 0.25) is 5.02 Å². The summed E-state index contributed by atoms with van der Waals surface area (Å²) in [4.78, 5) is 24.9. The SMILES string of the molecule is N#Cc1c(NC(=O)COC(=O)/C=C/c2cccc(Cl)c2)sc2c1CCC2. The van der Waals surface area contributed by atoms with E-state index in [1.807, 2.05) is 0 Å². The topological polar surface area (TPSA) is 79.2 Å². The van der Waals surface area contributed by atoms with Gasteiger partial charge in [0.2, 0.25) is 0 Å². The molecule has 2 aromatic rings. The second kappa shape index (κ2) is 8.17. The summed E-state index contributed by atoms with van der Waals surface area (Å²) in [6.07, 6.45) is 5.64. The number of thiophene rings is 1. The van der Waals surface area contributed by atoms with Crippen LogP contribution in [-0.2, 0) is 27.2 Å². The third-order valence-corrected chi connectivity index (χ3v) is 5.33. The molecular formula is C19H15ClN2O3S. The number of carbonyl (C=O) groups excluding carboxylic acids is 2. The van der Waals surface area contributed by atoms with Gasteiger partial charge in [0, 0.05) is 16.0 Å². The Labute approximate surface area is 159 Å². The van der Waals surface area contributed by atoms with Crippen LogP contribution in [0.5, 0.6) is 0 Å². The van der Waals surface area contributed by atoms with E-state index in [1.165, 1.54) is 17.4 Å². The number of hydrogen-bond acceptors (Lipinski definition) is 5. The van der Waals surface area contributed by atoms with Gasteiger partial charge >= 0.3 is 5.97 Å². The van der Waals surface area contributed by atoms with Crippen molar-refractivity contribution in [1.29, 1.82) is 5.26 Å². The highest BCUT2D eigenvalue weighted by Gasteiger charge is 2.23. The van der Waals surface area contributed by atoms with Gasteiger partial charge in [0.1, 0.15) is 11.1 Å². The fraction of sp³-hybridized carbons (Fsp3) is 0.211. The summed E-state index contributed by atoms with van der Waals surface area (Å²) >= 11 is 7.29. The van der Waals surface area contributed by atoms with Crippen LogP contribution < -0.4 is 5.32 Å². The standard InChI is InChI=1S/C19H15ClN2O3S/c20-13-4-1-3-12(9-13)7-8-18(24)25-11-17(23)22-19-15(10-21)14-5-2-6-16(14)26-19/h1,3-4,7-9H,2,5-6,11H2,(H,22,23)/b8-7+. The normalized spacial score (nSPS) is 12.6. The predicted molar refractivity (Wildman–Crippen MR) is 101 cm³/mol. The lowest BCUT2D eigenvalue weighted by atomic mass is 10.1. The number of nitriles is 1. The minimum absolute atomic E-state index is 0.411. The Balaban J connectivity index is 1.53. The number of halogens is 1. The number of aryl methyl sites for hydroxylation is 1. The Morgan fingerprint density at radius 3 is 3.00 bits per heavy atom. The molecule has 5 nitrogen and oxygen atoms in total. The first-order valence-electron chi connectivity index (χ1n) is 8.01. The van der Waals surface area contributed by atoms with Gasteiger partial charge < -0.3 is 10.1 Å². The number of amides is 1. The summed E-state index contributed by atoms with van der Waals surface area (Å²) in [7, 11) is 0. The summed E-state index contributed by atoms with van der Waals surface area (Å²) < 4.78 is 4.93. The maximum atomic E-state index is 12.0. The molecule has 3 rings (SSSR count). The number of anilines is 1. The van der Waals surface area contributed by atoms with E-state index in [-0.39, 0.29) is 0 Å². The van der Waals surface area contributed by atoms with Gasteiger partial charge in [-0.05, 0) is 48.6 Å². The molecule has 1 N–H and O–H groups in total. The second-order valence-electron chi connectivity index (χ2n) is 5.72. The average Bonchev–Trinajstić information content (AvgIpc) is 3.18. The zero-order chi connectivity index (χ0) is 18.5. The highest BCUT2D eigenvalue weighted by molar-refractivity contribution is 7.16. The number of esters is 1. The van der Waals surface area contributed by atoms with Crippen molar-refractivity contribution in [2.45, 2.75) is 19.3 Å². The summed E-state index contributed by atoms with van der Waals surface area (Å²) in [5, 5.41) is 13.1. The average molecular weight is 387 g/mol. The van der Waals surface area contributed by atoms with Crippen LogP contribution in [0, 0.1) is 11.3 Å². The predicted octanol–water partition coefficient (Wildman–Crippen LogP) is 3.96. The van der Waals surface area contributed by atoms with Crippen molar-refractivity contribution in [2.24, 2.45) is 0 Å². The van der Waals surface area contributed by atoms with Crippen molar-refractivity contribution in [3.63, 3.8) is 0 Å². The third kappa shape index (κ3) is 4.31. The largest absolute Gasteiger partial charge is 0.452 e. The molecule has 0 saturated carbocycles. The van der Waals surface area contributed by atoms with Crippen LogP contribution in [0.3, 0.4) is 0 Å². The molecule has 132 valence electrons. The number of carbonyl (C=O) groups is 2. The van der Waals surface area contributed by atoms with Gasteiger partial charge in [0.15, 0.2) is 6.61 Å². The minimum Gasteiger partial charge on any atom is -0.452 e. The fourth-order valence-electron chi connectivity index (χ4n) is 2.73. The highest BCUT2D eigenvalue weighted by atomic mass is 35.5. The smallest absolute Gasteiger partial charge is 0.331 e. The number of benzene rings is 1. The Hall–Kier alpha value is -2.62. The zero-order valence-electron chi connectivity index (χ0n) is 13.8. The Morgan fingerprint density at radius 2 is 2.23 bits per heavy atom. The molecule has 7 heteroatoms. The van der Waals surface area contributed by atoms with Gasteiger partial charge in [-0.2, -0.15) is 5.26 Å². The van der Waals surface area contributed by atoms with E-state index in [0.29, 0.717) is 15.6 Å². The van der Waals surface area contributed by atoms with E-state index in [4.69, 9.17) is 16.3 Å². The molecule has 1 aromatic carbocycles. The van der Waals surface area contributed by atoms with E-state index in [0.717, 1.165) is 35.3 Å². The molecule has 26 heavy (non-hydrogen) atoms. The molecule has 0 spiro atoms. The first kappa shape index (κ1) is 18.2. The Morgan fingerprint density at radius 1 is 1.38 bits per heavy atom. The maximum Gasteiger partial charge on any atom is 0.331 e. The van der Waals surface area contributed by atoms with Crippen LogP contribution in [-0.4, -0.2) is 18.5 Å². The van der Waals surface area contributed by atoms with Crippen LogP contribution in [0.1, 0.15) is 28.0 Å². The van der Waals surface area contributed by atoms with Crippen LogP contribution >= 0.6 is 22.9 Å². The summed E-state index contributed by atoms with van der Waals surface area (Å²) in [6, 6.07) is 9.16. The molecule has 0 saturated heterocycles. The van der Waals surface area contributed by atoms with Crippen molar-refractivity contribution in [3.8, 4) is 6.07 Å². The summed E-state index contributed by atoms with van der Waals surface area (Å²) in [5.41, 5.74) is 2.32. The van der Waals surface area contributed by atoms with E-state index in [9.17, 15) is 14.9 Å². The van der Waals surface area contributed by atoms with E-state index >= 15 is 0 Å². The number of hydrogen-bond donors (Lipinski definition) is 1. The van der Waals surface area contributed by atoms with Gasteiger partial charge in [0.25, 0.3) is 5.91 Å². The Kier molecular flexibility index (Phi) is 5.71. The molecule has 0 atom stereocenters. The molecule has 0 bridgehead atoms. The summed E-state index contributed by atoms with van der Waals surface area (Å²) in [6.45, 7) is -0.411. The molecule has 1 amide bonds. The quantitative estimate of drug-likeness (QED) is 0.623. The fourth-order valence-corrected chi connectivity index (χ4v) is 4.19. The zero-order valence-corrected chi connectivity index (χ0v) is 15.3. The first-order chi connectivity index (χ1) is 12.6. The molecular weight excluding hydrogens is 372 g/mol. The van der Waals surface area contributed by atoms with Crippen LogP contribution in [0.4, 0.5) is 5.00 Å². The molecule has 1 aliphatic rings. The van der Waals surface area contributed by atoms with Crippen molar-refractivity contribution in [2.75, 3.05) is 11.9 Å². The molecule has 1 heterocycles. The van der Waals surface area contributed by atoms with Crippen molar-refractivity contribution in [3.05, 3.63) is 56.9 Å². The molecule has 0 radical (unpaired) electrons. The molecule has 0 fully saturated rings. The van der Waals surface area contributed by atoms with Gasteiger partial charge in [-0.15, -0.1) is 11.3 Å². The number of nitrogens with one attached hydrogen (secondary N) is 1. The molecule has 1 aliphatic carbocycles. The molecule has 0 unspecified atom stereocenters. The van der Waals surface area contributed by atoms with E-state index in [2.05, 4.69) is 11.4 Å². The van der Waals surface area contributed by atoms with Gasteiger partial charge in [-0.25, -0.2) is 4.79 Å². The van der Waals surface area contributed by atoms with Crippen molar-refractivity contribution < 1.29 is 14.3 Å². The number of rotatable bonds is 5. The van der Waals surface area contributed by atoms with Gasteiger partial charge in [0.05, 0.1) is 5.56 Å². The van der Waals surface area contributed by atoms with E-state index < -0.39 is 18.5 Å². The van der Waals surface area contributed by atoms with E-state index in [1.54, 1.807) is 30.3 Å². The second-order valence-corrected chi connectivity index (χ2v) is 7.26. The number of fused-ring (bicyclic) bond motifs is 1. The maximum absolute atomic E-state index is 12.0. The minimum atomic E-state index is -0.630. The lowest BCUT2D eigenvalue weighted by Gasteiger charge is -2.04. The molecule has 0 aliphatic heterocycles. The molecule has 1 aromatic heterocycles. The van der Waals surface area contributed by atoms with Crippen LogP contribution in [0.25, 0.3) is 6.08 Å². The highest BCUT2D eigenvalue weighted by Crippen LogP contribution is 2.38. The van der Waals surface area contributed by atoms with Crippen molar-refractivity contribution >= 4 is 45.9 Å². The number of nitrogens with zero attached hydrogens (tertiary/aromatic N) is 1.